The van der Waals surface area contributed by atoms with E-state index in [-0.39, 0.29) is 16.0 Å². The maximum atomic E-state index is 12.5. The molecule has 0 atom stereocenters. The Balaban J connectivity index is 2.42. The Morgan fingerprint density at radius 1 is 1.36 bits per heavy atom. The fraction of sp³-hybridized carbons (Fsp3) is 0.231. The van der Waals surface area contributed by atoms with E-state index in [1.807, 2.05) is 0 Å². The number of hydrogen-bond donors (Lipinski definition) is 1. The smallest absolute Gasteiger partial charge is 0.393 e. The van der Waals surface area contributed by atoms with Gasteiger partial charge in [0.2, 0.25) is 0 Å². The third-order valence-corrected chi connectivity index (χ3v) is 4.51. The van der Waals surface area contributed by atoms with Crippen LogP contribution in [0.25, 0.3) is 6.08 Å². The Hall–Kier alpha value is -1.48. The molecule has 0 aromatic heterocycles. The van der Waals surface area contributed by atoms with E-state index < -0.39 is 29.5 Å². The molecule has 4 nitrogen and oxygen atoms in total. The van der Waals surface area contributed by atoms with E-state index in [1.54, 1.807) is 0 Å². The number of alkyl halides is 3. The van der Waals surface area contributed by atoms with Gasteiger partial charge in [0.05, 0.1) is 11.3 Å². The number of amides is 2. The average Bonchev–Trinajstić information content (AvgIpc) is 2.61. The number of carbonyl (C=O) groups excluding carboxylic acids is 2. The number of phenolic OH excluding ortho intramolecular Hbond substituents is 1. The van der Waals surface area contributed by atoms with Crippen molar-refractivity contribution in [3.05, 3.63) is 32.6 Å². The number of halogens is 4. The molecule has 1 aliphatic rings. The van der Waals surface area contributed by atoms with E-state index in [4.69, 9.17) is 0 Å². The lowest BCUT2D eigenvalue weighted by Gasteiger charge is -2.10. The molecular weight excluding hydrogens is 387 g/mol. The van der Waals surface area contributed by atoms with Crippen molar-refractivity contribution in [2.75, 3.05) is 7.05 Å². The molecule has 0 radical (unpaired) electrons. The maximum Gasteiger partial charge on any atom is 0.393 e. The number of carbonyl (C=O) groups is 2. The molecule has 1 aromatic carbocycles. The van der Waals surface area contributed by atoms with Crippen LogP contribution in [-0.2, 0) is 11.2 Å². The molecule has 22 heavy (non-hydrogen) atoms. The van der Waals surface area contributed by atoms with E-state index in [0.29, 0.717) is 16.2 Å². The third kappa shape index (κ3) is 3.64. The lowest BCUT2D eigenvalue weighted by Crippen LogP contribution is -2.22. The van der Waals surface area contributed by atoms with E-state index in [1.165, 1.54) is 13.1 Å². The van der Waals surface area contributed by atoms with Crippen LogP contribution >= 0.6 is 27.7 Å². The predicted molar refractivity (Wildman–Crippen MR) is 79.3 cm³/mol. The molecule has 2 rings (SSSR count). The van der Waals surface area contributed by atoms with Gasteiger partial charge >= 0.3 is 6.18 Å². The number of likely N-dealkylation sites (N-methyl/N-ethyl adjacent to an activating group) is 1. The van der Waals surface area contributed by atoms with Crippen molar-refractivity contribution in [3.63, 3.8) is 0 Å². The average molecular weight is 396 g/mol. The Morgan fingerprint density at radius 2 is 2.00 bits per heavy atom. The van der Waals surface area contributed by atoms with E-state index in [0.717, 1.165) is 17.0 Å². The second kappa shape index (κ2) is 5.96. The Kier molecular flexibility index (Phi) is 4.57. The van der Waals surface area contributed by atoms with Gasteiger partial charge in [-0.3, -0.25) is 14.5 Å². The van der Waals surface area contributed by atoms with Gasteiger partial charge in [0.15, 0.2) is 0 Å². The number of rotatable bonds is 2. The van der Waals surface area contributed by atoms with Crippen molar-refractivity contribution < 1.29 is 27.9 Å². The zero-order valence-corrected chi connectivity index (χ0v) is 13.5. The van der Waals surface area contributed by atoms with E-state index in [2.05, 4.69) is 15.9 Å². The van der Waals surface area contributed by atoms with Crippen LogP contribution in [0.5, 0.6) is 5.75 Å². The number of thioether (sulfide) groups is 1. The van der Waals surface area contributed by atoms with Crippen LogP contribution in [0.4, 0.5) is 18.0 Å². The Bertz CT molecular complexity index is 688. The topological polar surface area (TPSA) is 57.6 Å². The van der Waals surface area contributed by atoms with Gasteiger partial charge in [-0.2, -0.15) is 13.2 Å². The van der Waals surface area contributed by atoms with Crippen LogP contribution < -0.4 is 0 Å². The van der Waals surface area contributed by atoms with Crippen LogP contribution in [0.1, 0.15) is 11.1 Å². The van der Waals surface area contributed by atoms with Gasteiger partial charge in [-0.05, 0) is 35.5 Å². The summed E-state index contributed by atoms with van der Waals surface area (Å²) in [6, 6.07) is 2.26. The molecule has 0 saturated carbocycles. The van der Waals surface area contributed by atoms with Crippen LogP contribution in [0.15, 0.2) is 21.5 Å². The molecule has 1 heterocycles. The zero-order chi connectivity index (χ0) is 16.7. The first-order chi connectivity index (χ1) is 10.1. The van der Waals surface area contributed by atoms with Crippen LogP contribution in [-0.4, -0.2) is 34.4 Å². The maximum absolute atomic E-state index is 12.5. The van der Waals surface area contributed by atoms with Gasteiger partial charge in [0.25, 0.3) is 11.1 Å². The van der Waals surface area contributed by atoms with Gasteiger partial charge in [-0.25, -0.2) is 0 Å². The van der Waals surface area contributed by atoms with Crippen molar-refractivity contribution in [1.82, 2.24) is 4.90 Å². The van der Waals surface area contributed by atoms with Gasteiger partial charge in [-0.15, -0.1) is 0 Å². The highest BCUT2D eigenvalue weighted by molar-refractivity contribution is 9.10. The highest BCUT2D eigenvalue weighted by atomic mass is 79.9. The predicted octanol–water partition coefficient (Wildman–Crippen LogP) is 3.93. The molecule has 1 aromatic rings. The molecule has 0 unspecified atom stereocenters. The van der Waals surface area contributed by atoms with E-state index in [9.17, 15) is 27.9 Å². The molecule has 0 spiro atoms. The lowest BCUT2D eigenvalue weighted by atomic mass is 10.1. The summed E-state index contributed by atoms with van der Waals surface area (Å²) in [5.74, 6) is -1.02. The molecule has 2 amide bonds. The normalized spacial score (nSPS) is 17.7. The van der Waals surface area contributed by atoms with Crippen LogP contribution in [0.3, 0.4) is 0 Å². The highest BCUT2D eigenvalue weighted by Gasteiger charge is 2.32. The molecule has 118 valence electrons. The van der Waals surface area contributed by atoms with Crippen LogP contribution in [0.2, 0.25) is 0 Å². The summed E-state index contributed by atoms with van der Waals surface area (Å²) in [6.45, 7) is 0. The number of aromatic hydroxyl groups is 1. The zero-order valence-electron chi connectivity index (χ0n) is 11.1. The quantitative estimate of drug-likeness (QED) is 0.770. The summed E-state index contributed by atoms with van der Waals surface area (Å²) < 4.78 is 37.7. The number of imide groups is 1. The minimum Gasteiger partial charge on any atom is -0.508 e. The summed E-state index contributed by atoms with van der Waals surface area (Å²) in [5.41, 5.74) is -0.0336. The minimum atomic E-state index is -4.47. The first-order valence-electron chi connectivity index (χ1n) is 5.88. The highest BCUT2D eigenvalue weighted by Crippen LogP contribution is 2.36. The number of nitrogens with zero attached hydrogens (tertiary/aromatic N) is 1. The molecular formula is C13H9BrF3NO3S. The lowest BCUT2D eigenvalue weighted by molar-refractivity contribution is -0.127. The number of phenols is 1. The van der Waals surface area contributed by atoms with Crippen molar-refractivity contribution in [2.45, 2.75) is 12.6 Å². The summed E-state index contributed by atoms with van der Waals surface area (Å²) >= 11 is 3.81. The molecule has 9 heteroatoms. The van der Waals surface area contributed by atoms with Gasteiger partial charge < -0.3 is 5.11 Å². The van der Waals surface area contributed by atoms with Crippen molar-refractivity contribution in [2.24, 2.45) is 0 Å². The fourth-order valence-corrected chi connectivity index (χ4v) is 3.05. The molecule has 1 fully saturated rings. The van der Waals surface area contributed by atoms with E-state index >= 15 is 0 Å². The van der Waals surface area contributed by atoms with Crippen LogP contribution in [0, 0.1) is 0 Å². The minimum absolute atomic E-state index is 0.108. The second-order valence-corrected chi connectivity index (χ2v) is 6.38. The number of hydrogen-bond acceptors (Lipinski definition) is 4. The SMILES string of the molecule is CN1C(=O)S/C(=C\c2cc(CC(F)(F)F)c(O)cc2Br)C1=O. The van der Waals surface area contributed by atoms with Crippen molar-refractivity contribution in [1.29, 1.82) is 0 Å². The van der Waals surface area contributed by atoms with Gasteiger partial charge in [-0.1, -0.05) is 15.9 Å². The largest absolute Gasteiger partial charge is 0.508 e. The number of benzene rings is 1. The van der Waals surface area contributed by atoms with Gasteiger partial charge in [0, 0.05) is 17.1 Å². The monoisotopic (exact) mass is 395 g/mol. The standard InChI is InChI=1S/C13H9BrF3NO3S/c1-18-11(20)10(22-12(18)21)3-6-2-7(5-13(15,16)17)9(19)4-8(6)14/h2-4,19H,5H2,1H3/b10-3-. The molecule has 1 saturated heterocycles. The first kappa shape index (κ1) is 16.9. The first-order valence-corrected chi connectivity index (χ1v) is 7.49. The third-order valence-electron chi connectivity index (χ3n) is 2.86. The fourth-order valence-electron chi connectivity index (χ4n) is 1.78. The molecule has 0 aliphatic carbocycles. The molecule has 0 bridgehead atoms. The summed E-state index contributed by atoms with van der Waals surface area (Å²) in [7, 11) is 1.32. The summed E-state index contributed by atoms with van der Waals surface area (Å²) in [4.78, 5) is 24.2. The molecule has 1 aliphatic heterocycles. The molecule has 1 N–H and O–H groups in total. The van der Waals surface area contributed by atoms with Gasteiger partial charge in [0.1, 0.15) is 5.75 Å². The van der Waals surface area contributed by atoms with Crippen molar-refractivity contribution >= 4 is 44.9 Å². The van der Waals surface area contributed by atoms with Crippen molar-refractivity contribution in [3.8, 4) is 5.75 Å². The Labute approximate surface area is 136 Å². The summed E-state index contributed by atoms with van der Waals surface area (Å²) in [6.07, 6.45) is -4.44. The Morgan fingerprint density at radius 3 is 2.50 bits per heavy atom. The summed E-state index contributed by atoms with van der Waals surface area (Å²) in [5, 5.41) is 9.13. The second-order valence-electron chi connectivity index (χ2n) is 4.54.